The van der Waals surface area contributed by atoms with Crippen LogP contribution in [0, 0.1) is 17.5 Å². The summed E-state index contributed by atoms with van der Waals surface area (Å²) in [6.07, 6.45) is -0.0150. The van der Waals surface area contributed by atoms with Gasteiger partial charge in [-0.05, 0) is 18.2 Å². The molecular weight excluding hydrogens is 483 g/mol. The molecule has 4 heterocycles. The van der Waals surface area contributed by atoms with Gasteiger partial charge in [0.25, 0.3) is 0 Å². The molecule has 4 atom stereocenters. The highest BCUT2D eigenvalue weighted by molar-refractivity contribution is 5.57. The van der Waals surface area contributed by atoms with Crippen LogP contribution in [0.15, 0.2) is 42.9 Å². The summed E-state index contributed by atoms with van der Waals surface area (Å²) in [5.41, 5.74) is 0.0330. The van der Waals surface area contributed by atoms with Crippen molar-refractivity contribution < 1.29 is 32.9 Å². The average molecular weight is 503 g/mol. The third kappa shape index (κ3) is 4.29. The number of aromatic nitrogens is 7. The minimum atomic E-state index is -1.59. The van der Waals surface area contributed by atoms with Crippen LogP contribution in [-0.4, -0.2) is 70.9 Å². The van der Waals surface area contributed by atoms with E-state index in [4.69, 9.17) is 9.47 Å². The number of halogens is 3. The first kappa shape index (κ1) is 23.8. The van der Waals surface area contributed by atoms with Crippen molar-refractivity contribution in [1.29, 1.82) is 0 Å². The summed E-state index contributed by atoms with van der Waals surface area (Å²) in [4.78, 5) is 4.37. The van der Waals surface area contributed by atoms with Crippen LogP contribution in [0.25, 0.3) is 17.1 Å². The molecule has 4 unspecified atom stereocenters. The molecule has 0 radical (unpaired) electrons. The molecule has 0 aliphatic carbocycles. The standard InChI is InChI=1S/C22H20F3N7O4/c1-35-19-4-2-3-18(27-19)31-10-26-29-22(31)16-7-15(21(34)17(9-33)36-16)32-8-14(28-30-32)11-5-12(23)20(25)13(24)6-11/h2-6,8,10,15-17,21,33-34H,7,9H2,1H3. The van der Waals surface area contributed by atoms with Crippen LogP contribution < -0.4 is 4.74 Å². The van der Waals surface area contributed by atoms with E-state index in [2.05, 4.69) is 25.5 Å². The summed E-state index contributed by atoms with van der Waals surface area (Å²) in [5.74, 6) is -3.12. The monoisotopic (exact) mass is 503 g/mol. The molecule has 3 aromatic heterocycles. The minimum Gasteiger partial charge on any atom is -0.481 e. The Bertz CT molecular complexity index is 1360. The second-order valence-corrected chi connectivity index (χ2v) is 8.07. The maximum Gasteiger partial charge on any atom is 0.214 e. The number of benzene rings is 1. The normalized spacial score (nSPS) is 22.1. The zero-order valence-electron chi connectivity index (χ0n) is 18.7. The largest absolute Gasteiger partial charge is 0.481 e. The maximum absolute atomic E-state index is 13.7. The van der Waals surface area contributed by atoms with Gasteiger partial charge in [0.1, 0.15) is 36.2 Å². The Balaban J connectivity index is 1.47. The van der Waals surface area contributed by atoms with Gasteiger partial charge in [-0.3, -0.25) is 4.57 Å². The number of hydrogen-bond donors (Lipinski definition) is 2. The Morgan fingerprint density at radius 1 is 1.17 bits per heavy atom. The number of pyridine rings is 1. The van der Waals surface area contributed by atoms with E-state index in [1.165, 1.54) is 24.3 Å². The fourth-order valence-corrected chi connectivity index (χ4v) is 4.10. The van der Waals surface area contributed by atoms with Crippen LogP contribution in [0.3, 0.4) is 0 Å². The number of rotatable bonds is 6. The smallest absolute Gasteiger partial charge is 0.214 e. The molecule has 1 aromatic carbocycles. The van der Waals surface area contributed by atoms with E-state index in [0.717, 1.165) is 12.1 Å². The first-order chi connectivity index (χ1) is 17.4. The molecule has 1 aliphatic rings. The van der Waals surface area contributed by atoms with Gasteiger partial charge in [-0.1, -0.05) is 11.3 Å². The highest BCUT2D eigenvalue weighted by atomic mass is 19.2. The lowest BCUT2D eigenvalue weighted by molar-refractivity contribution is -0.161. The zero-order chi connectivity index (χ0) is 25.4. The van der Waals surface area contributed by atoms with Crippen LogP contribution in [0.5, 0.6) is 5.88 Å². The van der Waals surface area contributed by atoms with E-state index in [-0.39, 0.29) is 17.7 Å². The summed E-state index contributed by atoms with van der Waals surface area (Å²) in [6.45, 7) is -0.504. The lowest BCUT2D eigenvalue weighted by atomic mass is 9.95. The molecule has 11 nitrogen and oxygen atoms in total. The van der Waals surface area contributed by atoms with Crippen molar-refractivity contribution in [1.82, 2.24) is 34.7 Å². The number of aliphatic hydroxyl groups excluding tert-OH is 2. The third-order valence-corrected chi connectivity index (χ3v) is 5.91. The molecule has 0 bridgehead atoms. The lowest BCUT2D eigenvalue weighted by Crippen LogP contribution is -2.45. The summed E-state index contributed by atoms with van der Waals surface area (Å²) in [5, 5.41) is 36.7. The Morgan fingerprint density at radius 2 is 1.94 bits per heavy atom. The van der Waals surface area contributed by atoms with E-state index in [9.17, 15) is 23.4 Å². The van der Waals surface area contributed by atoms with Gasteiger partial charge >= 0.3 is 0 Å². The van der Waals surface area contributed by atoms with Gasteiger partial charge in [0.2, 0.25) is 5.88 Å². The van der Waals surface area contributed by atoms with Gasteiger partial charge in [0.05, 0.1) is 26.0 Å². The maximum atomic E-state index is 13.7. The van der Waals surface area contributed by atoms with E-state index < -0.39 is 48.4 Å². The molecule has 0 spiro atoms. The number of methoxy groups -OCH3 is 1. The first-order valence-corrected chi connectivity index (χ1v) is 10.8. The summed E-state index contributed by atoms with van der Waals surface area (Å²) in [7, 11) is 1.49. The molecule has 5 rings (SSSR count). The number of aliphatic hydroxyl groups is 2. The predicted molar refractivity (Wildman–Crippen MR) is 115 cm³/mol. The van der Waals surface area contributed by atoms with E-state index in [0.29, 0.717) is 17.5 Å². The zero-order valence-corrected chi connectivity index (χ0v) is 18.7. The summed E-state index contributed by atoms with van der Waals surface area (Å²) in [6, 6.07) is 5.99. The third-order valence-electron chi connectivity index (χ3n) is 5.91. The Kier molecular flexibility index (Phi) is 6.38. The van der Waals surface area contributed by atoms with Crippen molar-refractivity contribution in [2.75, 3.05) is 13.7 Å². The topological polar surface area (TPSA) is 133 Å². The quantitative estimate of drug-likeness (QED) is 0.378. The minimum absolute atomic E-state index is 0.0294. The van der Waals surface area contributed by atoms with E-state index >= 15 is 0 Å². The molecule has 2 N–H and O–H groups in total. The molecule has 36 heavy (non-hydrogen) atoms. The van der Waals surface area contributed by atoms with Crippen molar-refractivity contribution in [3.63, 3.8) is 0 Å². The van der Waals surface area contributed by atoms with Gasteiger partial charge in [0, 0.05) is 18.1 Å². The van der Waals surface area contributed by atoms with Crippen LogP contribution in [0.2, 0.25) is 0 Å². The SMILES string of the molecule is COc1cccc(-n2cnnc2C2CC(n3cc(-c4cc(F)c(F)c(F)c4)nn3)C(O)C(CO)O2)n1. The molecule has 14 heteroatoms. The van der Waals surface area contributed by atoms with E-state index in [1.54, 1.807) is 22.8 Å². The summed E-state index contributed by atoms with van der Waals surface area (Å²) < 4.78 is 54.7. The molecule has 4 aromatic rings. The fourth-order valence-electron chi connectivity index (χ4n) is 4.10. The Morgan fingerprint density at radius 3 is 2.67 bits per heavy atom. The molecule has 0 amide bonds. The van der Waals surface area contributed by atoms with Gasteiger partial charge < -0.3 is 19.7 Å². The highest BCUT2D eigenvalue weighted by Gasteiger charge is 2.41. The number of nitrogens with zero attached hydrogens (tertiary/aromatic N) is 7. The van der Waals surface area contributed by atoms with Crippen molar-refractivity contribution in [2.24, 2.45) is 0 Å². The van der Waals surface area contributed by atoms with Crippen LogP contribution >= 0.6 is 0 Å². The molecule has 188 valence electrons. The van der Waals surface area contributed by atoms with Crippen molar-refractivity contribution in [2.45, 2.75) is 30.8 Å². The highest BCUT2D eigenvalue weighted by Crippen LogP contribution is 2.38. The van der Waals surface area contributed by atoms with Crippen LogP contribution in [0.4, 0.5) is 13.2 Å². The lowest BCUT2D eigenvalue weighted by Gasteiger charge is -2.38. The second-order valence-electron chi connectivity index (χ2n) is 8.07. The van der Waals surface area contributed by atoms with E-state index in [1.807, 2.05) is 0 Å². The molecule has 0 saturated carbocycles. The average Bonchev–Trinajstić information content (AvgIpc) is 3.58. The Hall–Kier alpha value is -3.88. The van der Waals surface area contributed by atoms with Crippen LogP contribution in [-0.2, 0) is 4.74 Å². The van der Waals surface area contributed by atoms with Crippen molar-refractivity contribution in [3.05, 3.63) is 66.1 Å². The number of ether oxygens (including phenoxy) is 2. The first-order valence-electron chi connectivity index (χ1n) is 10.8. The van der Waals surface area contributed by atoms with Crippen molar-refractivity contribution >= 4 is 0 Å². The van der Waals surface area contributed by atoms with Gasteiger partial charge in [-0.25, -0.2) is 17.9 Å². The number of hydrogen-bond acceptors (Lipinski definition) is 9. The van der Waals surface area contributed by atoms with Crippen molar-refractivity contribution in [3.8, 4) is 23.0 Å². The van der Waals surface area contributed by atoms with Gasteiger partial charge in [-0.2, -0.15) is 4.98 Å². The second kappa shape index (κ2) is 9.64. The molecule has 1 aliphatic heterocycles. The van der Waals surface area contributed by atoms with Gasteiger partial charge in [0.15, 0.2) is 23.3 Å². The summed E-state index contributed by atoms with van der Waals surface area (Å²) >= 11 is 0. The predicted octanol–water partition coefficient (Wildman–Crippen LogP) is 1.77. The molecular formula is C22H20F3N7O4. The van der Waals surface area contributed by atoms with Crippen LogP contribution in [0.1, 0.15) is 24.4 Å². The molecule has 1 saturated heterocycles. The van der Waals surface area contributed by atoms with Gasteiger partial charge in [-0.15, -0.1) is 15.3 Å². The molecule has 1 fully saturated rings. The Labute approximate surface area is 201 Å². The fraction of sp³-hybridized carbons (Fsp3) is 0.318.